The highest BCUT2D eigenvalue weighted by Crippen LogP contribution is 2.31. The molecule has 3 rings (SSSR count). The van der Waals surface area contributed by atoms with E-state index in [1.807, 2.05) is 31.2 Å². The van der Waals surface area contributed by atoms with Gasteiger partial charge in [-0.25, -0.2) is 4.39 Å². The van der Waals surface area contributed by atoms with Crippen molar-refractivity contribution in [2.75, 3.05) is 5.73 Å². The predicted octanol–water partition coefficient (Wildman–Crippen LogP) is 3.93. The Balaban J connectivity index is 2.34. The fraction of sp³-hybridized carbons (Fsp3) is 0.0625. The van der Waals surface area contributed by atoms with Gasteiger partial charge >= 0.3 is 0 Å². The molecular formula is C16H13FN2. The molecule has 0 amide bonds. The summed E-state index contributed by atoms with van der Waals surface area (Å²) < 4.78 is 13.8. The summed E-state index contributed by atoms with van der Waals surface area (Å²) in [5, 5.41) is 1.47. The molecule has 0 fully saturated rings. The highest BCUT2D eigenvalue weighted by Gasteiger charge is 2.10. The summed E-state index contributed by atoms with van der Waals surface area (Å²) in [5.74, 6) is -0.215. The SMILES string of the molecule is Cc1cc(N)cnc1-c1ccc(F)c2ccccc12. The van der Waals surface area contributed by atoms with Gasteiger partial charge in [-0.2, -0.15) is 0 Å². The number of rotatable bonds is 1. The van der Waals surface area contributed by atoms with Crippen LogP contribution in [0.4, 0.5) is 10.1 Å². The van der Waals surface area contributed by atoms with E-state index in [0.717, 1.165) is 22.2 Å². The maximum Gasteiger partial charge on any atom is 0.131 e. The monoisotopic (exact) mass is 252 g/mol. The largest absolute Gasteiger partial charge is 0.397 e. The summed E-state index contributed by atoms with van der Waals surface area (Å²) in [5.41, 5.74) is 9.10. The Hall–Kier alpha value is -2.42. The number of nitrogens with two attached hydrogens (primary N) is 1. The van der Waals surface area contributed by atoms with Gasteiger partial charge in [0.25, 0.3) is 0 Å². The molecule has 0 unspecified atom stereocenters. The number of aromatic nitrogens is 1. The Morgan fingerprint density at radius 3 is 2.53 bits per heavy atom. The van der Waals surface area contributed by atoms with E-state index in [1.165, 1.54) is 6.07 Å². The molecule has 1 aromatic heterocycles. The number of hydrogen-bond donors (Lipinski definition) is 1. The second kappa shape index (κ2) is 4.35. The Morgan fingerprint density at radius 2 is 1.79 bits per heavy atom. The lowest BCUT2D eigenvalue weighted by molar-refractivity contribution is 0.640. The Bertz CT molecular complexity index is 766. The van der Waals surface area contributed by atoms with Crippen molar-refractivity contribution in [2.45, 2.75) is 6.92 Å². The molecule has 19 heavy (non-hydrogen) atoms. The van der Waals surface area contributed by atoms with E-state index in [4.69, 9.17) is 5.73 Å². The molecule has 0 bridgehead atoms. The predicted molar refractivity (Wildman–Crippen MR) is 76.3 cm³/mol. The summed E-state index contributed by atoms with van der Waals surface area (Å²) in [4.78, 5) is 4.38. The molecule has 3 aromatic rings. The lowest BCUT2D eigenvalue weighted by Crippen LogP contribution is -1.94. The maximum absolute atomic E-state index is 13.8. The lowest BCUT2D eigenvalue weighted by Gasteiger charge is -2.10. The molecule has 94 valence electrons. The van der Waals surface area contributed by atoms with Gasteiger partial charge in [0.05, 0.1) is 17.6 Å². The van der Waals surface area contributed by atoms with Crippen LogP contribution in [0.2, 0.25) is 0 Å². The molecule has 1 heterocycles. The Morgan fingerprint density at radius 1 is 1.05 bits per heavy atom. The molecule has 3 heteroatoms. The summed E-state index contributed by atoms with van der Waals surface area (Å²) in [7, 11) is 0. The van der Waals surface area contributed by atoms with Crippen LogP contribution < -0.4 is 5.73 Å². The van der Waals surface area contributed by atoms with Gasteiger partial charge in [-0.1, -0.05) is 24.3 Å². The first-order chi connectivity index (χ1) is 9.16. The maximum atomic E-state index is 13.8. The first-order valence-corrected chi connectivity index (χ1v) is 6.06. The van der Waals surface area contributed by atoms with Crippen molar-refractivity contribution in [3.05, 3.63) is 60.0 Å². The molecular weight excluding hydrogens is 239 g/mol. The van der Waals surface area contributed by atoms with Crippen LogP contribution in [0, 0.1) is 12.7 Å². The van der Waals surface area contributed by atoms with E-state index < -0.39 is 0 Å². The summed E-state index contributed by atoms with van der Waals surface area (Å²) in [6.45, 7) is 1.96. The van der Waals surface area contributed by atoms with Gasteiger partial charge in [0.15, 0.2) is 0 Å². The minimum atomic E-state index is -0.215. The third kappa shape index (κ3) is 1.93. The lowest BCUT2D eigenvalue weighted by atomic mass is 9.99. The number of anilines is 1. The average molecular weight is 252 g/mol. The molecule has 0 aliphatic rings. The van der Waals surface area contributed by atoms with Crippen LogP contribution in [0.15, 0.2) is 48.7 Å². The van der Waals surface area contributed by atoms with E-state index in [1.54, 1.807) is 18.3 Å². The zero-order chi connectivity index (χ0) is 13.4. The van der Waals surface area contributed by atoms with Crippen molar-refractivity contribution in [3.8, 4) is 11.3 Å². The van der Waals surface area contributed by atoms with E-state index in [9.17, 15) is 4.39 Å². The average Bonchev–Trinajstić information content (AvgIpc) is 2.41. The van der Waals surface area contributed by atoms with Crippen LogP contribution >= 0.6 is 0 Å². The number of halogens is 1. The molecule has 2 aromatic carbocycles. The Kier molecular flexibility index (Phi) is 2.67. The van der Waals surface area contributed by atoms with Gasteiger partial charge in [-0.15, -0.1) is 0 Å². The number of aryl methyl sites for hydroxylation is 1. The fourth-order valence-corrected chi connectivity index (χ4v) is 2.35. The van der Waals surface area contributed by atoms with Gasteiger partial charge in [0, 0.05) is 10.9 Å². The fourth-order valence-electron chi connectivity index (χ4n) is 2.35. The molecule has 2 N–H and O–H groups in total. The van der Waals surface area contributed by atoms with Crippen LogP contribution in [0.25, 0.3) is 22.0 Å². The summed E-state index contributed by atoms with van der Waals surface area (Å²) >= 11 is 0. The first-order valence-electron chi connectivity index (χ1n) is 6.06. The second-order valence-electron chi connectivity index (χ2n) is 4.57. The molecule has 0 aliphatic heterocycles. The summed E-state index contributed by atoms with van der Waals surface area (Å²) in [6, 6.07) is 12.5. The zero-order valence-electron chi connectivity index (χ0n) is 10.5. The number of hydrogen-bond acceptors (Lipinski definition) is 2. The van der Waals surface area contributed by atoms with Crippen LogP contribution in [-0.4, -0.2) is 4.98 Å². The van der Waals surface area contributed by atoms with E-state index in [-0.39, 0.29) is 5.82 Å². The highest BCUT2D eigenvalue weighted by atomic mass is 19.1. The third-order valence-corrected chi connectivity index (χ3v) is 3.23. The minimum Gasteiger partial charge on any atom is -0.397 e. The minimum absolute atomic E-state index is 0.215. The standard InChI is InChI=1S/C16H13FN2/c1-10-8-11(18)9-19-16(10)14-6-7-15(17)13-5-3-2-4-12(13)14/h2-9H,18H2,1H3. The third-order valence-electron chi connectivity index (χ3n) is 3.23. The second-order valence-corrected chi connectivity index (χ2v) is 4.57. The van der Waals surface area contributed by atoms with Gasteiger partial charge < -0.3 is 5.73 Å². The molecule has 0 radical (unpaired) electrons. The van der Waals surface area contributed by atoms with E-state index >= 15 is 0 Å². The molecule has 2 nitrogen and oxygen atoms in total. The number of pyridine rings is 1. The number of fused-ring (bicyclic) bond motifs is 1. The number of nitrogens with zero attached hydrogens (tertiary/aromatic N) is 1. The zero-order valence-corrected chi connectivity index (χ0v) is 10.5. The highest BCUT2D eigenvalue weighted by molar-refractivity contribution is 5.96. The van der Waals surface area contributed by atoms with Crippen molar-refractivity contribution in [2.24, 2.45) is 0 Å². The van der Waals surface area contributed by atoms with Crippen molar-refractivity contribution < 1.29 is 4.39 Å². The molecule has 0 atom stereocenters. The van der Waals surface area contributed by atoms with Crippen molar-refractivity contribution in [3.63, 3.8) is 0 Å². The quantitative estimate of drug-likeness (QED) is 0.712. The van der Waals surface area contributed by atoms with Crippen LogP contribution in [0.5, 0.6) is 0 Å². The van der Waals surface area contributed by atoms with Crippen molar-refractivity contribution in [1.82, 2.24) is 4.98 Å². The molecule has 0 saturated carbocycles. The number of benzene rings is 2. The van der Waals surface area contributed by atoms with Crippen LogP contribution in [0.3, 0.4) is 0 Å². The van der Waals surface area contributed by atoms with Gasteiger partial charge in [-0.05, 0) is 36.1 Å². The van der Waals surface area contributed by atoms with Gasteiger partial charge in [0.2, 0.25) is 0 Å². The Labute approximate surface area is 110 Å². The summed E-state index contributed by atoms with van der Waals surface area (Å²) in [6.07, 6.45) is 1.63. The van der Waals surface area contributed by atoms with Crippen LogP contribution in [-0.2, 0) is 0 Å². The van der Waals surface area contributed by atoms with Crippen molar-refractivity contribution >= 4 is 16.5 Å². The molecule has 0 spiro atoms. The molecule has 0 aliphatic carbocycles. The first kappa shape index (κ1) is 11.7. The normalized spacial score (nSPS) is 10.8. The topological polar surface area (TPSA) is 38.9 Å². The smallest absolute Gasteiger partial charge is 0.131 e. The molecule has 0 saturated heterocycles. The van der Waals surface area contributed by atoms with Gasteiger partial charge in [-0.3, -0.25) is 4.98 Å². The van der Waals surface area contributed by atoms with Crippen LogP contribution in [0.1, 0.15) is 5.56 Å². The van der Waals surface area contributed by atoms with E-state index in [2.05, 4.69) is 4.98 Å². The van der Waals surface area contributed by atoms with Crippen molar-refractivity contribution in [1.29, 1.82) is 0 Å². The van der Waals surface area contributed by atoms with Gasteiger partial charge in [0.1, 0.15) is 5.82 Å². The van der Waals surface area contributed by atoms with E-state index in [0.29, 0.717) is 11.1 Å². The number of nitrogen functional groups attached to an aromatic ring is 1.